The summed E-state index contributed by atoms with van der Waals surface area (Å²) < 4.78 is 4.47. The van der Waals surface area contributed by atoms with E-state index in [0.717, 1.165) is 11.6 Å². The van der Waals surface area contributed by atoms with Crippen LogP contribution in [0.25, 0.3) is 6.08 Å². The second-order valence-electron chi connectivity index (χ2n) is 4.05. The van der Waals surface area contributed by atoms with Gasteiger partial charge in [0.05, 0.1) is 0 Å². The lowest BCUT2D eigenvalue weighted by atomic mass is 10.2. The van der Waals surface area contributed by atoms with Gasteiger partial charge >= 0.3 is 11.9 Å². The van der Waals surface area contributed by atoms with Crippen LogP contribution < -0.4 is 0 Å². The topological polar surface area (TPSA) is 63.6 Å². The van der Waals surface area contributed by atoms with Crippen molar-refractivity contribution >= 4 is 18.0 Å². The number of carbonyl (C=O) groups is 2. The van der Waals surface area contributed by atoms with Gasteiger partial charge in [0.25, 0.3) is 0 Å². The molecule has 0 atom stereocenters. The third-order valence-electron chi connectivity index (χ3n) is 2.28. The van der Waals surface area contributed by atoms with Gasteiger partial charge in [-0.05, 0) is 12.5 Å². The van der Waals surface area contributed by atoms with Crippen molar-refractivity contribution in [3.05, 3.63) is 78.9 Å². The molecule has 1 aromatic carbocycles. The molecule has 0 aliphatic rings. The SMILES string of the molecule is C=CCOC(=O)C=C.CC(=CC=Cc1ccccc1)C(=O)O. The summed E-state index contributed by atoms with van der Waals surface area (Å²) in [6.45, 7) is 8.38. The number of aliphatic carboxylic acids is 1. The summed E-state index contributed by atoms with van der Waals surface area (Å²) >= 11 is 0. The Kier molecular flexibility index (Phi) is 10.3. The number of carboxylic acids is 1. The first-order valence-corrected chi connectivity index (χ1v) is 6.54. The summed E-state index contributed by atoms with van der Waals surface area (Å²) in [6, 6.07) is 9.73. The molecule has 0 spiro atoms. The zero-order valence-electron chi connectivity index (χ0n) is 12.6. The molecule has 0 unspecified atom stereocenters. The highest BCUT2D eigenvalue weighted by molar-refractivity contribution is 5.86. The molecule has 0 aliphatic heterocycles. The molecular weight excluding hydrogens is 280 g/mol. The van der Waals surface area contributed by atoms with Crippen molar-refractivity contribution in [1.29, 1.82) is 0 Å². The van der Waals surface area contributed by atoms with Gasteiger partial charge in [-0.3, -0.25) is 0 Å². The van der Waals surface area contributed by atoms with Gasteiger partial charge in [0.15, 0.2) is 0 Å². The van der Waals surface area contributed by atoms with Crippen LogP contribution in [0.3, 0.4) is 0 Å². The number of ether oxygens (including phenoxy) is 1. The van der Waals surface area contributed by atoms with Crippen molar-refractivity contribution < 1.29 is 19.4 Å². The van der Waals surface area contributed by atoms with E-state index < -0.39 is 11.9 Å². The minimum Gasteiger partial charge on any atom is -0.478 e. The standard InChI is InChI=1S/C12H12O2.C6H8O2/c1-10(12(13)14)6-5-9-11-7-3-2-4-8-11;1-3-5-8-6(7)4-2/h2-9H,1H3,(H,13,14);3-4H,1-2,5H2. The summed E-state index contributed by atoms with van der Waals surface area (Å²) in [5.41, 5.74) is 1.39. The number of carbonyl (C=O) groups excluding carboxylic acids is 1. The Labute approximate surface area is 130 Å². The van der Waals surface area contributed by atoms with Crippen molar-refractivity contribution in [1.82, 2.24) is 0 Å². The average molecular weight is 300 g/mol. The molecule has 0 aromatic heterocycles. The monoisotopic (exact) mass is 300 g/mol. The van der Waals surface area contributed by atoms with Gasteiger partial charge in [0, 0.05) is 11.6 Å². The molecule has 1 aromatic rings. The van der Waals surface area contributed by atoms with Gasteiger partial charge in [-0.25, -0.2) is 9.59 Å². The van der Waals surface area contributed by atoms with Crippen LogP contribution >= 0.6 is 0 Å². The van der Waals surface area contributed by atoms with Crippen LogP contribution in [0.4, 0.5) is 0 Å². The molecule has 4 nitrogen and oxygen atoms in total. The van der Waals surface area contributed by atoms with Crippen molar-refractivity contribution in [2.45, 2.75) is 6.92 Å². The summed E-state index contributed by atoms with van der Waals surface area (Å²) in [4.78, 5) is 20.6. The van der Waals surface area contributed by atoms with Crippen molar-refractivity contribution in [3.63, 3.8) is 0 Å². The summed E-state index contributed by atoms with van der Waals surface area (Å²) in [7, 11) is 0. The highest BCUT2D eigenvalue weighted by Crippen LogP contribution is 2.02. The molecule has 0 fully saturated rings. The van der Waals surface area contributed by atoms with E-state index in [-0.39, 0.29) is 6.61 Å². The van der Waals surface area contributed by atoms with Gasteiger partial charge in [-0.2, -0.15) is 0 Å². The van der Waals surface area contributed by atoms with E-state index in [2.05, 4.69) is 17.9 Å². The fourth-order valence-electron chi connectivity index (χ4n) is 1.14. The van der Waals surface area contributed by atoms with E-state index in [1.807, 2.05) is 36.4 Å². The van der Waals surface area contributed by atoms with Gasteiger partial charge in [-0.1, -0.05) is 67.8 Å². The number of hydrogen-bond donors (Lipinski definition) is 1. The first kappa shape index (κ1) is 19.1. The van der Waals surface area contributed by atoms with Crippen LogP contribution in [0.2, 0.25) is 0 Å². The first-order valence-electron chi connectivity index (χ1n) is 6.54. The van der Waals surface area contributed by atoms with Crippen LogP contribution in [0, 0.1) is 0 Å². The Morgan fingerprint density at radius 3 is 2.36 bits per heavy atom. The molecule has 0 aliphatic carbocycles. The highest BCUT2D eigenvalue weighted by Gasteiger charge is 1.95. The molecule has 22 heavy (non-hydrogen) atoms. The number of hydrogen-bond acceptors (Lipinski definition) is 3. The molecule has 0 bridgehead atoms. The number of allylic oxidation sites excluding steroid dienone is 2. The van der Waals surface area contributed by atoms with Gasteiger partial charge in [0.2, 0.25) is 0 Å². The molecule has 0 heterocycles. The van der Waals surface area contributed by atoms with Gasteiger partial charge in [-0.15, -0.1) is 0 Å². The average Bonchev–Trinajstić information content (AvgIpc) is 2.54. The van der Waals surface area contributed by atoms with E-state index in [4.69, 9.17) is 5.11 Å². The quantitative estimate of drug-likeness (QED) is 0.377. The first-order chi connectivity index (χ1) is 10.5. The molecule has 116 valence electrons. The molecule has 0 amide bonds. The zero-order chi connectivity index (χ0) is 16.8. The Morgan fingerprint density at radius 1 is 1.23 bits per heavy atom. The Morgan fingerprint density at radius 2 is 1.86 bits per heavy atom. The molecule has 0 saturated carbocycles. The maximum absolute atomic E-state index is 10.4. The second kappa shape index (κ2) is 11.9. The number of rotatable bonds is 6. The molecule has 4 heteroatoms. The maximum atomic E-state index is 10.4. The van der Waals surface area contributed by atoms with Crippen LogP contribution in [0.15, 0.2) is 73.4 Å². The minimum absolute atomic E-state index is 0.255. The molecule has 0 radical (unpaired) electrons. The largest absolute Gasteiger partial charge is 0.478 e. The normalized spacial score (nSPS) is 10.3. The van der Waals surface area contributed by atoms with Crippen molar-refractivity contribution in [2.24, 2.45) is 0 Å². The Bertz CT molecular complexity index is 554. The fraction of sp³-hybridized carbons (Fsp3) is 0.111. The van der Waals surface area contributed by atoms with Gasteiger partial charge in [0.1, 0.15) is 6.61 Å². The number of benzene rings is 1. The highest BCUT2D eigenvalue weighted by atomic mass is 16.5. The third-order valence-corrected chi connectivity index (χ3v) is 2.28. The van der Waals surface area contributed by atoms with Crippen LogP contribution in [-0.4, -0.2) is 23.7 Å². The second-order valence-corrected chi connectivity index (χ2v) is 4.05. The van der Waals surface area contributed by atoms with Crippen LogP contribution in [0.5, 0.6) is 0 Å². The van der Waals surface area contributed by atoms with E-state index in [9.17, 15) is 9.59 Å². The lowest BCUT2D eigenvalue weighted by Crippen LogP contribution is -1.98. The predicted molar refractivity (Wildman–Crippen MR) is 88.2 cm³/mol. The molecule has 1 rings (SSSR count). The number of carboxylic acid groups (broad SMARTS) is 1. The van der Waals surface area contributed by atoms with Crippen molar-refractivity contribution in [3.8, 4) is 0 Å². The minimum atomic E-state index is -0.886. The summed E-state index contributed by atoms with van der Waals surface area (Å²) in [6.07, 6.45) is 7.80. The number of esters is 1. The smallest absolute Gasteiger partial charge is 0.331 e. The molecule has 1 N–H and O–H groups in total. The lowest BCUT2D eigenvalue weighted by molar-refractivity contribution is -0.136. The molecular formula is C18H20O4. The summed E-state index contributed by atoms with van der Waals surface area (Å²) in [5.74, 6) is -1.30. The molecule has 0 saturated heterocycles. The summed E-state index contributed by atoms with van der Waals surface area (Å²) in [5, 5.41) is 8.58. The lowest BCUT2D eigenvalue weighted by Gasteiger charge is -1.92. The maximum Gasteiger partial charge on any atom is 0.331 e. The van der Waals surface area contributed by atoms with Crippen LogP contribution in [-0.2, 0) is 14.3 Å². The predicted octanol–water partition coefficient (Wildman–Crippen LogP) is 3.63. The van der Waals surface area contributed by atoms with Crippen LogP contribution in [0.1, 0.15) is 12.5 Å². The Hall–Kier alpha value is -2.88. The van der Waals surface area contributed by atoms with E-state index >= 15 is 0 Å². The third kappa shape index (κ3) is 9.97. The van der Waals surface area contributed by atoms with E-state index in [1.165, 1.54) is 6.08 Å². The van der Waals surface area contributed by atoms with E-state index in [1.54, 1.807) is 19.1 Å². The van der Waals surface area contributed by atoms with E-state index in [0.29, 0.717) is 5.57 Å². The van der Waals surface area contributed by atoms with Crippen molar-refractivity contribution in [2.75, 3.05) is 6.61 Å². The Balaban J connectivity index is 0.000000472. The fourth-order valence-corrected chi connectivity index (χ4v) is 1.14. The zero-order valence-corrected chi connectivity index (χ0v) is 12.6. The van der Waals surface area contributed by atoms with Gasteiger partial charge < -0.3 is 9.84 Å².